The number of carbonyl (C=O) groups is 2. The highest BCUT2D eigenvalue weighted by molar-refractivity contribution is 9.10. The molecule has 8 nitrogen and oxygen atoms in total. The van der Waals surface area contributed by atoms with Crippen LogP contribution in [0.25, 0.3) is 11.3 Å². The number of nitrogens with zero attached hydrogens (tertiary/aromatic N) is 2. The molecule has 1 N–H and O–H groups in total. The van der Waals surface area contributed by atoms with Crippen LogP contribution in [0.15, 0.2) is 63.3 Å². The fourth-order valence-corrected chi connectivity index (χ4v) is 7.08. The lowest BCUT2D eigenvalue weighted by molar-refractivity contribution is -0.119. The molecule has 190 valence electrons. The van der Waals surface area contributed by atoms with E-state index in [0.29, 0.717) is 23.9 Å². The summed E-state index contributed by atoms with van der Waals surface area (Å²) in [5.41, 5.74) is 1.67. The van der Waals surface area contributed by atoms with Gasteiger partial charge >= 0.3 is 5.97 Å². The van der Waals surface area contributed by atoms with E-state index in [2.05, 4.69) is 26.2 Å². The number of hydrogen-bond donors (Lipinski definition) is 1. The number of thiazole rings is 1. The van der Waals surface area contributed by atoms with E-state index in [-0.39, 0.29) is 22.3 Å². The minimum Gasteiger partial charge on any atom is -0.452 e. The predicted molar refractivity (Wildman–Crippen MR) is 142 cm³/mol. The Balaban J connectivity index is 1.36. The van der Waals surface area contributed by atoms with E-state index >= 15 is 0 Å². The van der Waals surface area contributed by atoms with Crippen molar-refractivity contribution in [3.8, 4) is 11.3 Å². The van der Waals surface area contributed by atoms with E-state index in [1.54, 1.807) is 0 Å². The molecule has 0 bridgehead atoms. The summed E-state index contributed by atoms with van der Waals surface area (Å²) in [6, 6.07) is 13.4. The summed E-state index contributed by atoms with van der Waals surface area (Å²) < 4.78 is 33.8. The van der Waals surface area contributed by atoms with Crippen molar-refractivity contribution in [1.29, 1.82) is 0 Å². The first-order valence-corrected chi connectivity index (χ1v) is 14.5. The Morgan fingerprint density at radius 2 is 1.86 bits per heavy atom. The third-order valence-corrected chi connectivity index (χ3v) is 8.83. The van der Waals surface area contributed by atoms with Crippen molar-refractivity contribution in [2.75, 3.05) is 25.0 Å². The van der Waals surface area contributed by atoms with Gasteiger partial charge < -0.3 is 4.74 Å². The molecule has 1 amide bonds. The number of ether oxygens (including phenoxy) is 1. The fourth-order valence-electron chi connectivity index (χ4n) is 4.22. The number of halogens is 1. The van der Waals surface area contributed by atoms with E-state index in [4.69, 9.17) is 4.74 Å². The third kappa shape index (κ3) is 6.39. The molecule has 2 aromatic carbocycles. The molecule has 1 aliphatic heterocycles. The lowest BCUT2D eigenvalue weighted by Crippen LogP contribution is -2.42. The van der Waals surface area contributed by atoms with E-state index in [1.165, 1.54) is 39.9 Å². The minimum absolute atomic E-state index is 0.0329. The molecule has 1 fully saturated rings. The molecule has 1 saturated heterocycles. The number of hydrogen-bond acceptors (Lipinski definition) is 7. The van der Waals surface area contributed by atoms with Crippen molar-refractivity contribution in [1.82, 2.24) is 9.29 Å². The first-order valence-electron chi connectivity index (χ1n) is 11.4. The van der Waals surface area contributed by atoms with Gasteiger partial charge in [0.05, 0.1) is 16.2 Å². The monoisotopic (exact) mass is 591 g/mol. The van der Waals surface area contributed by atoms with Gasteiger partial charge in [-0.25, -0.2) is 18.2 Å². The smallest absolute Gasteiger partial charge is 0.338 e. The van der Waals surface area contributed by atoms with Gasteiger partial charge in [-0.3, -0.25) is 10.1 Å². The fraction of sp³-hybridized carbons (Fsp3) is 0.320. The summed E-state index contributed by atoms with van der Waals surface area (Å²) >= 11 is 4.68. The van der Waals surface area contributed by atoms with Crippen LogP contribution in [0.1, 0.15) is 30.6 Å². The Kier molecular flexibility index (Phi) is 8.23. The van der Waals surface area contributed by atoms with Crippen LogP contribution < -0.4 is 5.32 Å². The van der Waals surface area contributed by atoms with Gasteiger partial charge in [0.15, 0.2) is 11.7 Å². The molecule has 0 spiro atoms. The third-order valence-electron chi connectivity index (χ3n) is 5.75. The lowest BCUT2D eigenvalue weighted by Gasteiger charge is -2.34. The van der Waals surface area contributed by atoms with Gasteiger partial charge in [0.25, 0.3) is 5.91 Å². The predicted octanol–water partition coefficient (Wildman–Crippen LogP) is 5.03. The van der Waals surface area contributed by atoms with Crippen LogP contribution in [0.5, 0.6) is 0 Å². The van der Waals surface area contributed by atoms with E-state index in [1.807, 2.05) is 43.5 Å². The second-order valence-electron chi connectivity index (χ2n) is 8.97. The zero-order valence-electron chi connectivity index (χ0n) is 19.8. The number of rotatable bonds is 7. The van der Waals surface area contributed by atoms with Crippen molar-refractivity contribution in [2.24, 2.45) is 11.8 Å². The zero-order chi connectivity index (χ0) is 25.9. The summed E-state index contributed by atoms with van der Waals surface area (Å²) in [7, 11) is -3.74. The summed E-state index contributed by atoms with van der Waals surface area (Å²) in [6.45, 7) is 4.43. The summed E-state index contributed by atoms with van der Waals surface area (Å²) in [5, 5.41) is 4.81. The number of esters is 1. The van der Waals surface area contributed by atoms with Crippen molar-refractivity contribution < 1.29 is 22.7 Å². The number of anilines is 1. The van der Waals surface area contributed by atoms with Gasteiger partial charge in [-0.05, 0) is 48.6 Å². The standard InChI is InChI=1S/C25H26BrN3O5S2/c1-16-9-17(2)13-29(12-16)36(32,33)21-8-4-6-19(11-21)24(31)34-14-23(30)28-25-27-22(15-35-25)18-5-3-7-20(26)10-18/h3-8,10-11,15-17H,9,12-14H2,1-2H3,(H,27,28,30). The largest absolute Gasteiger partial charge is 0.452 e. The van der Waals surface area contributed by atoms with Crippen LogP contribution in [0.4, 0.5) is 5.13 Å². The van der Waals surface area contributed by atoms with Crippen LogP contribution in [0, 0.1) is 11.8 Å². The van der Waals surface area contributed by atoms with Crippen LogP contribution in [0.3, 0.4) is 0 Å². The molecular weight excluding hydrogens is 566 g/mol. The lowest BCUT2D eigenvalue weighted by atomic mass is 9.94. The number of amides is 1. The highest BCUT2D eigenvalue weighted by atomic mass is 79.9. The van der Waals surface area contributed by atoms with Gasteiger partial charge in [-0.1, -0.05) is 48.0 Å². The Morgan fingerprint density at radius 1 is 1.14 bits per heavy atom. The molecule has 2 unspecified atom stereocenters. The van der Waals surface area contributed by atoms with E-state index in [0.717, 1.165) is 16.5 Å². The van der Waals surface area contributed by atoms with Crippen LogP contribution >= 0.6 is 27.3 Å². The van der Waals surface area contributed by atoms with Crippen LogP contribution in [0.2, 0.25) is 0 Å². The number of sulfonamides is 1. The van der Waals surface area contributed by atoms with Crippen LogP contribution in [-0.2, 0) is 19.6 Å². The average Bonchev–Trinajstić information content (AvgIpc) is 3.30. The zero-order valence-corrected chi connectivity index (χ0v) is 23.0. The molecule has 1 aromatic heterocycles. The molecule has 4 rings (SSSR count). The maximum Gasteiger partial charge on any atom is 0.338 e. The molecule has 11 heteroatoms. The number of aromatic nitrogens is 1. The normalized spacial score (nSPS) is 18.5. The number of piperidine rings is 1. The second-order valence-corrected chi connectivity index (χ2v) is 12.7. The minimum atomic E-state index is -3.74. The van der Waals surface area contributed by atoms with Crippen molar-refractivity contribution in [2.45, 2.75) is 25.2 Å². The average molecular weight is 593 g/mol. The van der Waals surface area contributed by atoms with Gasteiger partial charge in [0, 0.05) is 28.5 Å². The van der Waals surface area contributed by atoms with Gasteiger partial charge in [0.2, 0.25) is 10.0 Å². The van der Waals surface area contributed by atoms with E-state index in [9.17, 15) is 18.0 Å². The molecule has 0 aliphatic carbocycles. The molecular formula is C25H26BrN3O5S2. The Bertz CT molecular complexity index is 1370. The first-order chi connectivity index (χ1) is 17.1. The summed E-state index contributed by atoms with van der Waals surface area (Å²) in [4.78, 5) is 29.3. The first kappa shape index (κ1) is 26.5. The Labute approximate surface area is 222 Å². The maximum atomic E-state index is 13.1. The molecule has 1 aliphatic rings. The molecule has 3 aromatic rings. The van der Waals surface area contributed by atoms with Crippen molar-refractivity contribution in [3.05, 3.63) is 63.9 Å². The van der Waals surface area contributed by atoms with Gasteiger partial charge in [0.1, 0.15) is 0 Å². The maximum absolute atomic E-state index is 13.1. The molecule has 0 saturated carbocycles. The molecule has 2 heterocycles. The van der Waals surface area contributed by atoms with Gasteiger partial charge in [-0.15, -0.1) is 11.3 Å². The summed E-state index contributed by atoms with van der Waals surface area (Å²) in [6.07, 6.45) is 0.979. The van der Waals surface area contributed by atoms with Crippen molar-refractivity contribution >= 4 is 54.3 Å². The number of nitrogens with one attached hydrogen (secondary N) is 1. The summed E-state index contributed by atoms with van der Waals surface area (Å²) in [5.74, 6) is -0.799. The Hall–Kier alpha value is -2.60. The SMILES string of the molecule is CC1CC(C)CN(S(=O)(=O)c2cccc(C(=O)OCC(=O)Nc3nc(-c4cccc(Br)c4)cs3)c2)C1. The molecule has 2 atom stereocenters. The topological polar surface area (TPSA) is 106 Å². The van der Waals surface area contributed by atoms with Gasteiger partial charge in [-0.2, -0.15) is 4.31 Å². The van der Waals surface area contributed by atoms with E-state index < -0.39 is 28.5 Å². The number of carbonyl (C=O) groups excluding carboxylic acids is 2. The second kappa shape index (κ2) is 11.2. The molecule has 36 heavy (non-hydrogen) atoms. The molecule has 0 radical (unpaired) electrons. The highest BCUT2D eigenvalue weighted by Crippen LogP contribution is 2.28. The van der Waals surface area contributed by atoms with Crippen LogP contribution in [-0.4, -0.2) is 49.3 Å². The Morgan fingerprint density at radius 3 is 2.58 bits per heavy atom. The quantitative estimate of drug-likeness (QED) is 0.386. The van der Waals surface area contributed by atoms with Crippen molar-refractivity contribution in [3.63, 3.8) is 0 Å². The number of benzene rings is 2. The highest BCUT2D eigenvalue weighted by Gasteiger charge is 2.32.